The highest BCUT2D eigenvalue weighted by molar-refractivity contribution is 9.10. The first-order valence-corrected chi connectivity index (χ1v) is 7.24. The van der Waals surface area contributed by atoms with Crippen LogP contribution in [0.2, 0.25) is 0 Å². The van der Waals surface area contributed by atoms with Crippen LogP contribution in [0.3, 0.4) is 0 Å². The molecule has 1 aliphatic heterocycles. The van der Waals surface area contributed by atoms with Gasteiger partial charge >= 0.3 is 0 Å². The van der Waals surface area contributed by atoms with E-state index in [4.69, 9.17) is 0 Å². The van der Waals surface area contributed by atoms with Gasteiger partial charge in [-0.3, -0.25) is 0 Å². The predicted molar refractivity (Wildman–Crippen MR) is 77.6 cm³/mol. The minimum atomic E-state index is 0.687. The molecule has 1 heterocycles. The van der Waals surface area contributed by atoms with Crippen LogP contribution in [-0.4, -0.2) is 25.7 Å². The molecule has 1 N–H and O–H groups in total. The van der Waals surface area contributed by atoms with Crippen molar-refractivity contribution < 1.29 is 0 Å². The zero-order valence-electron chi connectivity index (χ0n) is 10.6. The molecular weight excluding hydrogens is 276 g/mol. The lowest BCUT2D eigenvalue weighted by molar-refractivity contribution is 0.327. The molecule has 0 aromatic heterocycles. The van der Waals surface area contributed by atoms with Crippen molar-refractivity contribution in [3.8, 4) is 0 Å². The summed E-state index contributed by atoms with van der Waals surface area (Å²) >= 11 is 3.48. The Labute approximate surface area is 113 Å². The second-order valence-electron chi connectivity index (χ2n) is 4.85. The number of hydrogen-bond acceptors (Lipinski definition) is 2. The first kappa shape index (κ1) is 12.9. The van der Waals surface area contributed by atoms with E-state index in [1.165, 1.54) is 12.1 Å². The molecule has 2 unspecified atom stereocenters. The van der Waals surface area contributed by atoms with E-state index in [2.05, 4.69) is 64.3 Å². The van der Waals surface area contributed by atoms with Gasteiger partial charge in [0, 0.05) is 29.3 Å². The fraction of sp³-hybridized carbons (Fsp3) is 0.571. The van der Waals surface area contributed by atoms with Crippen LogP contribution < -0.4 is 10.2 Å². The molecule has 0 radical (unpaired) electrons. The molecule has 0 aliphatic carbocycles. The molecule has 2 nitrogen and oxygen atoms in total. The highest BCUT2D eigenvalue weighted by Gasteiger charge is 2.25. The first-order valence-electron chi connectivity index (χ1n) is 6.44. The van der Waals surface area contributed by atoms with Crippen molar-refractivity contribution in [2.45, 2.75) is 26.3 Å². The van der Waals surface area contributed by atoms with Crippen molar-refractivity contribution in [1.29, 1.82) is 0 Å². The Hall–Kier alpha value is -0.540. The molecule has 0 saturated carbocycles. The number of benzene rings is 1. The summed E-state index contributed by atoms with van der Waals surface area (Å²) in [6, 6.07) is 9.33. The summed E-state index contributed by atoms with van der Waals surface area (Å²) in [4.78, 5) is 2.49. The van der Waals surface area contributed by atoms with E-state index in [9.17, 15) is 0 Å². The van der Waals surface area contributed by atoms with Gasteiger partial charge in [-0.25, -0.2) is 0 Å². The van der Waals surface area contributed by atoms with Crippen molar-refractivity contribution >= 4 is 21.6 Å². The molecule has 0 amide bonds. The first-order chi connectivity index (χ1) is 8.20. The Morgan fingerprint density at radius 3 is 2.65 bits per heavy atom. The molecule has 1 aromatic carbocycles. The van der Waals surface area contributed by atoms with Crippen LogP contribution >= 0.6 is 15.9 Å². The summed E-state index contributed by atoms with van der Waals surface area (Å²) in [5.41, 5.74) is 1.34. The van der Waals surface area contributed by atoms with Gasteiger partial charge in [0.2, 0.25) is 0 Å². The fourth-order valence-electron chi connectivity index (χ4n) is 2.60. The summed E-state index contributed by atoms with van der Waals surface area (Å²) in [6.07, 6.45) is 1.24. The zero-order chi connectivity index (χ0) is 12.3. The fourth-order valence-corrected chi connectivity index (χ4v) is 2.86. The predicted octanol–water partition coefficient (Wildman–Crippen LogP) is 3.27. The molecule has 0 bridgehead atoms. The summed E-state index contributed by atoms with van der Waals surface area (Å²) in [5, 5.41) is 3.58. The maximum atomic E-state index is 3.58. The van der Waals surface area contributed by atoms with Crippen LogP contribution in [0.1, 0.15) is 20.3 Å². The number of piperidine rings is 1. The largest absolute Gasteiger partial charge is 0.371 e. The van der Waals surface area contributed by atoms with Crippen LogP contribution in [0.25, 0.3) is 0 Å². The molecule has 3 heteroatoms. The summed E-state index contributed by atoms with van der Waals surface area (Å²) in [5.74, 6) is 0.715. The summed E-state index contributed by atoms with van der Waals surface area (Å²) < 4.78 is 1.15. The average Bonchev–Trinajstić information content (AvgIpc) is 2.33. The summed E-state index contributed by atoms with van der Waals surface area (Å²) in [7, 11) is 0. The lowest BCUT2D eigenvalue weighted by Gasteiger charge is -2.38. The van der Waals surface area contributed by atoms with Crippen LogP contribution in [0.4, 0.5) is 5.69 Å². The van der Waals surface area contributed by atoms with Gasteiger partial charge in [0.1, 0.15) is 0 Å². The van der Waals surface area contributed by atoms with Crippen molar-refractivity contribution in [3.05, 3.63) is 28.7 Å². The number of nitrogens with one attached hydrogen (secondary N) is 1. The number of halogens is 1. The molecule has 2 rings (SSSR count). The van der Waals surface area contributed by atoms with Crippen LogP contribution in [0.15, 0.2) is 28.7 Å². The zero-order valence-corrected chi connectivity index (χ0v) is 12.2. The van der Waals surface area contributed by atoms with E-state index in [1.54, 1.807) is 0 Å². The van der Waals surface area contributed by atoms with Gasteiger partial charge in [0.15, 0.2) is 0 Å². The molecule has 1 aliphatic rings. The third kappa shape index (κ3) is 3.23. The standard InChI is InChI=1S/C14H21BrN2/c1-3-16-14-8-9-17(10-11(14)2)13-6-4-12(15)5-7-13/h4-7,11,14,16H,3,8-10H2,1-2H3. The molecule has 94 valence electrons. The third-order valence-corrected chi connectivity index (χ3v) is 4.09. The Balaban J connectivity index is 1.99. The molecule has 0 spiro atoms. The van der Waals surface area contributed by atoms with Crippen LogP contribution in [0.5, 0.6) is 0 Å². The Morgan fingerprint density at radius 1 is 1.35 bits per heavy atom. The lowest BCUT2D eigenvalue weighted by Crippen LogP contribution is -2.48. The number of anilines is 1. The van der Waals surface area contributed by atoms with Gasteiger partial charge < -0.3 is 10.2 Å². The Morgan fingerprint density at radius 2 is 2.06 bits per heavy atom. The van der Waals surface area contributed by atoms with Crippen LogP contribution in [0, 0.1) is 5.92 Å². The molecule has 17 heavy (non-hydrogen) atoms. The number of hydrogen-bond donors (Lipinski definition) is 1. The Kier molecular flexibility index (Phi) is 4.46. The van der Waals surface area contributed by atoms with E-state index >= 15 is 0 Å². The van der Waals surface area contributed by atoms with E-state index in [0.717, 1.165) is 24.1 Å². The van der Waals surface area contributed by atoms with Gasteiger partial charge in [-0.05, 0) is 43.1 Å². The minimum Gasteiger partial charge on any atom is -0.371 e. The topological polar surface area (TPSA) is 15.3 Å². The van der Waals surface area contributed by atoms with Crippen LogP contribution in [-0.2, 0) is 0 Å². The second kappa shape index (κ2) is 5.87. The Bertz CT molecular complexity index is 350. The highest BCUT2D eigenvalue weighted by Crippen LogP contribution is 2.24. The molecular formula is C14H21BrN2. The smallest absolute Gasteiger partial charge is 0.0367 e. The molecule has 1 saturated heterocycles. The number of nitrogens with zero attached hydrogens (tertiary/aromatic N) is 1. The normalized spacial score (nSPS) is 25.0. The SMILES string of the molecule is CCNC1CCN(c2ccc(Br)cc2)CC1C. The quantitative estimate of drug-likeness (QED) is 0.921. The maximum Gasteiger partial charge on any atom is 0.0367 e. The molecule has 2 atom stereocenters. The third-order valence-electron chi connectivity index (χ3n) is 3.56. The van der Waals surface area contributed by atoms with E-state index in [-0.39, 0.29) is 0 Å². The van der Waals surface area contributed by atoms with Gasteiger partial charge in [0.25, 0.3) is 0 Å². The van der Waals surface area contributed by atoms with Gasteiger partial charge in [0.05, 0.1) is 0 Å². The van der Waals surface area contributed by atoms with Crippen molar-refractivity contribution in [3.63, 3.8) is 0 Å². The van der Waals surface area contributed by atoms with Gasteiger partial charge in [-0.2, -0.15) is 0 Å². The van der Waals surface area contributed by atoms with Crippen molar-refractivity contribution in [2.24, 2.45) is 5.92 Å². The monoisotopic (exact) mass is 296 g/mol. The highest BCUT2D eigenvalue weighted by atomic mass is 79.9. The number of rotatable bonds is 3. The van der Waals surface area contributed by atoms with Gasteiger partial charge in [-0.15, -0.1) is 0 Å². The van der Waals surface area contributed by atoms with E-state index in [0.29, 0.717) is 12.0 Å². The van der Waals surface area contributed by atoms with E-state index < -0.39 is 0 Å². The van der Waals surface area contributed by atoms with Crippen molar-refractivity contribution in [2.75, 3.05) is 24.5 Å². The lowest BCUT2D eigenvalue weighted by atomic mass is 9.93. The average molecular weight is 297 g/mol. The van der Waals surface area contributed by atoms with Crippen molar-refractivity contribution in [1.82, 2.24) is 5.32 Å². The maximum absolute atomic E-state index is 3.58. The molecule has 1 fully saturated rings. The second-order valence-corrected chi connectivity index (χ2v) is 5.77. The molecule has 1 aromatic rings. The summed E-state index contributed by atoms with van der Waals surface area (Å²) in [6.45, 7) is 7.92. The van der Waals surface area contributed by atoms with Gasteiger partial charge in [-0.1, -0.05) is 29.8 Å². The minimum absolute atomic E-state index is 0.687. The van der Waals surface area contributed by atoms with E-state index in [1.807, 2.05) is 0 Å².